The molecule has 0 radical (unpaired) electrons. The van der Waals surface area contributed by atoms with Crippen LogP contribution >= 0.6 is 0 Å². The summed E-state index contributed by atoms with van der Waals surface area (Å²) in [6.45, 7) is 0. The number of anilines is 2. The van der Waals surface area contributed by atoms with Crippen molar-refractivity contribution in [2.75, 3.05) is 11.9 Å². The average Bonchev–Trinajstić information content (AvgIpc) is 2.92. The zero-order valence-electron chi connectivity index (χ0n) is 18.8. The SMILES string of the molecule is CN1c2ccccc2S(=O)(=O)c2ccc(-c3nc(-c4ccccc4)nc(-c4ccccc4)n3)cc21. The monoisotopic (exact) mass is 476 g/mol. The van der Waals surface area contributed by atoms with Crippen LogP contribution in [0.2, 0.25) is 0 Å². The van der Waals surface area contributed by atoms with Crippen LogP contribution < -0.4 is 4.90 Å². The van der Waals surface area contributed by atoms with Crippen molar-refractivity contribution in [3.05, 3.63) is 103 Å². The van der Waals surface area contributed by atoms with E-state index in [2.05, 4.69) is 0 Å². The molecule has 0 amide bonds. The van der Waals surface area contributed by atoms with Gasteiger partial charge in [0.15, 0.2) is 17.5 Å². The van der Waals surface area contributed by atoms with Crippen LogP contribution in [0.25, 0.3) is 34.2 Å². The number of sulfone groups is 1. The van der Waals surface area contributed by atoms with Crippen molar-refractivity contribution in [1.82, 2.24) is 15.0 Å². The van der Waals surface area contributed by atoms with Crippen molar-refractivity contribution >= 4 is 21.2 Å². The van der Waals surface area contributed by atoms with Gasteiger partial charge in [-0.05, 0) is 30.3 Å². The minimum absolute atomic E-state index is 0.267. The number of nitrogens with zero attached hydrogens (tertiary/aromatic N) is 4. The molecule has 0 N–H and O–H groups in total. The van der Waals surface area contributed by atoms with Gasteiger partial charge in [0.2, 0.25) is 9.84 Å². The fourth-order valence-corrected chi connectivity index (χ4v) is 5.99. The van der Waals surface area contributed by atoms with Gasteiger partial charge in [-0.25, -0.2) is 23.4 Å². The minimum Gasteiger partial charge on any atom is -0.342 e. The molecule has 5 aromatic rings. The maximum Gasteiger partial charge on any atom is 0.210 e. The molecule has 170 valence electrons. The quantitative estimate of drug-likeness (QED) is 0.328. The van der Waals surface area contributed by atoms with Gasteiger partial charge in [0.1, 0.15) is 0 Å². The Hall–Kier alpha value is -4.36. The van der Waals surface area contributed by atoms with Crippen LogP contribution in [0, 0.1) is 0 Å². The highest BCUT2D eigenvalue weighted by atomic mass is 32.2. The molecule has 6 nitrogen and oxygen atoms in total. The van der Waals surface area contributed by atoms with E-state index >= 15 is 0 Å². The molecule has 0 saturated heterocycles. The zero-order valence-corrected chi connectivity index (χ0v) is 19.6. The summed E-state index contributed by atoms with van der Waals surface area (Å²) in [4.78, 5) is 16.7. The number of hydrogen-bond donors (Lipinski definition) is 0. The number of fused-ring (bicyclic) bond motifs is 2. The standard InChI is InChI=1S/C28H20N4O2S/c1-32-22-14-8-9-15-24(22)35(33,34)25-17-16-21(18-23(25)32)28-30-26(19-10-4-2-5-11-19)29-27(31-28)20-12-6-3-7-13-20/h2-18H,1H3. The molecule has 2 heterocycles. The van der Waals surface area contributed by atoms with E-state index in [1.165, 1.54) is 0 Å². The summed E-state index contributed by atoms with van der Waals surface area (Å²) in [6.07, 6.45) is 0. The highest BCUT2D eigenvalue weighted by Gasteiger charge is 2.32. The Kier molecular flexibility index (Phi) is 4.93. The van der Waals surface area contributed by atoms with Crippen LogP contribution in [0.1, 0.15) is 0 Å². The lowest BCUT2D eigenvalue weighted by molar-refractivity contribution is 0.594. The summed E-state index contributed by atoms with van der Waals surface area (Å²) in [5, 5.41) is 0. The first-order chi connectivity index (χ1) is 17.0. The summed E-state index contributed by atoms with van der Waals surface area (Å²) in [7, 11) is -1.76. The van der Waals surface area contributed by atoms with Gasteiger partial charge in [0.25, 0.3) is 0 Å². The molecular formula is C28H20N4O2S. The molecule has 0 spiro atoms. The number of aromatic nitrogens is 3. The van der Waals surface area contributed by atoms with Crippen LogP contribution in [0.3, 0.4) is 0 Å². The molecule has 1 aliphatic rings. The van der Waals surface area contributed by atoms with Crippen LogP contribution in [0.15, 0.2) is 113 Å². The lowest BCUT2D eigenvalue weighted by Gasteiger charge is -2.29. The first-order valence-electron chi connectivity index (χ1n) is 11.1. The highest BCUT2D eigenvalue weighted by Crippen LogP contribution is 2.44. The van der Waals surface area contributed by atoms with Gasteiger partial charge < -0.3 is 4.90 Å². The summed E-state index contributed by atoms with van der Waals surface area (Å²) in [6, 6.07) is 31.7. The Morgan fingerprint density at radius 1 is 0.543 bits per heavy atom. The molecule has 0 aliphatic carbocycles. The smallest absolute Gasteiger partial charge is 0.210 e. The lowest BCUT2D eigenvalue weighted by Crippen LogP contribution is -2.22. The second kappa shape index (κ2) is 8.14. The van der Waals surface area contributed by atoms with Crippen molar-refractivity contribution in [3.63, 3.8) is 0 Å². The molecule has 0 fully saturated rings. The van der Waals surface area contributed by atoms with E-state index in [1.807, 2.05) is 90.8 Å². The van der Waals surface area contributed by atoms with Crippen molar-refractivity contribution < 1.29 is 8.42 Å². The molecule has 1 aliphatic heterocycles. The van der Waals surface area contributed by atoms with Gasteiger partial charge in [0, 0.05) is 23.7 Å². The van der Waals surface area contributed by atoms with Crippen LogP contribution in [0.4, 0.5) is 11.4 Å². The van der Waals surface area contributed by atoms with Crippen molar-refractivity contribution in [2.24, 2.45) is 0 Å². The molecule has 1 aromatic heterocycles. The largest absolute Gasteiger partial charge is 0.342 e. The minimum atomic E-state index is -3.63. The van der Waals surface area contributed by atoms with Gasteiger partial charge in [-0.3, -0.25) is 0 Å². The normalized spacial score (nSPS) is 13.7. The van der Waals surface area contributed by atoms with Gasteiger partial charge in [-0.15, -0.1) is 0 Å². The highest BCUT2D eigenvalue weighted by molar-refractivity contribution is 7.92. The summed E-state index contributed by atoms with van der Waals surface area (Å²) in [5.74, 6) is 1.59. The van der Waals surface area contributed by atoms with E-state index in [0.29, 0.717) is 39.3 Å². The third-order valence-corrected chi connectivity index (χ3v) is 7.93. The van der Waals surface area contributed by atoms with E-state index in [-0.39, 0.29) is 4.90 Å². The number of benzene rings is 4. The Bertz CT molecular complexity index is 1610. The van der Waals surface area contributed by atoms with Crippen LogP contribution in [-0.2, 0) is 9.84 Å². The average molecular weight is 477 g/mol. The van der Waals surface area contributed by atoms with E-state index in [4.69, 9.17) is 15.0 Å². The topological polar surface area (TPSA) is 76.1 Å². The van der Waals surface area contributed by atoms with Crippen LogP contribution in [-0.4, -0.2) is 30.4 Å². The Morgan fingerprint density at radius 3 is 1.63 bits per heavy atom. The fraction of sp³-hybridized carbons (Fsp3) is 0.0357. The summed E-state index contributed by atoms with van der Waals surface area (Å²) < 4.78 is 26.6. The van der Waals surface area contributed by atoms with E-state index in [9.17, 15) is 8.42 Å². The van der Waals surface area contributed by atoms with Crippen molar-refractivity contribution in [1.29, 1.82) is 0 Å². The molecule has 35 heavy (non-hydrogen) atoms. The second-order valence-corrected chi connectivity index (χ2v) is 10.1. The van der Waals surface area contributed by atoms with Gasteiger partial charge in [-0.1, -0.05) is 72.8 Å². The molecular weight excluding hydrogens is 456 g/mol. The molecule has 6 rings (SSSR count). The predicted octanol–water partition coefficient (Wildman–Crippen LogP) is 5.79. The molecule has 0 unspecified atom stereocenters. The number of rotatable bonds is 3. The summed E-state index contributed by atoms with van der Waals surface area (Å²) >= 11 is 0. The maximum atomic E-state index is 13.3. The third-order valence-electron chi connectivity index (χ3n) is 6.08. The number of para-hydroxylation sites is 1. The van der Waals surface area contributed by atoms with Gasteiger partial charge in [0.05, 0.1) is 21.2 Å². The Morgan fingerprint density at radius 2 is 1.03 bits per heavy atom. The van der Waals surface area contributed by atoms with Crippen LogP contribution in [0.5, 0.6) is 0 Å². The fourth-order valence-electron chi connectivity index (χ4n) is 4.29. The van der Waals surface area contributed by atoms with E-state index in [0.717, 1.165) is 11.1 Å². The summed E-state index contributed by atoms with van der Waals surface area (Å²) in [5.41, 5.74) is 3.69. The van der Waals surface area contributed by atoms with Crippen molar-refractivity contribution in [2.45, 2.75) is 9.79 Å². The molecule has 0 bridgehead atoms. The van der Waals surface area contributed by atoms with E-state index < -0.39 is 9.84 Å². The Labute approximate surface area is 203 Å². The molecule has 7 heteroatoms. The molecule has 0 saturated carbocycles. The second-order valence-electron chi connectivity index (χ2n) is 8.25. The van der Waals surface area contributed by atoms with Crippen molar-refractivity contribution in [3.8, 4) is 34.2 Å². The number of hydrogen-bond acceptors (Lipinski definition) is 6. The maximum absolute atomic E-state index is 13.3. The lowest BCUT2D eigenvalue weighted by atomic mass is 10.1. The molecule has 0 atom stereocenters. The third kappa shape index (κ3) is 3.57. The first-order valence-corrected chi connectivity index (χ1v) is 12.6. The van der Waals surface area contributed by atoms with E-state index in [1.54, 1.807) is 24.3 Å². The molecule has 4 aromatic carbocycles. The van der Waals surface area contributed by atoms with Gasteiger partial charge in [-0.2, -0.15) is 0 Å². The first kappa shape index (κ1) is 21.2. The van der Waals surface area contributed by atoms with Gasteiger partial charge >= 0.3 is 0 Å². The predicted molar refractivity (Wildman–Crippen MR) is 136 cm³/mol. The Balaban J connectivity index is 1.54. The zero-order chi connectivity index (χ0) is 24.0.